The molecule has 3 N–H and O–H groups in total. The van der Waals surface area contributed by atoms with Gasteiger partial charge in [-0.25, -0.2) is 14.0 Å². The van der Waals surface area contributed by atoms with E-state index in [1.54, 1.807) is 0 Å². The van der Waals surface area contributed by atoms with Crippen molar-refractivity contribution in [2.45, 2.75) is 5.92 Å². The molecule has 3 aromatic carbocycles. The van der Waals surface area contributed by atoms with Gasteiger partial charge in [-0.05, 0) is 40.5 Å². The summed E-state index contributed by atoms with van der Waals surface area (Å²) in [5.41, 5.74) is 4.23. The standard InChI is InChI=1S/C25H21FN2O5/c26-23-11-15(9-10-21(23)24(30)31)27-12-16(29)13-28-25(32)33-14-22-19-7-3-1-5-17(19)18-6-2-4-8-20(18)22/h1-11,22,27H,12-14H2,(H,28,32)(H,30,31). The summed E-state index contributed by atoms with van der Waals surface area (Å²) in [6.45, 7) is -0.295. The van der Waals surface area contributed by atoms with Crippen molar-refractivity contribution in [1.29, 1.82) is 0 Å². The van der Waals surface area contributed by atoms with E-state index in [1.165, 1.54) is 6.07 Å². The summed E-state index contributed by atoms with van der Waals surface area (Å²) in [6.07, 6.45) is -0.706. The van der Waals surface area contributed by atoms with Crippen LogP contribution in [0, 0.1) is 5.82 Å². The maximum absolute atomic E-state index is 13.7. The van der Waals surface area contributed by atoms with Crippen molar-refractivity contribution < 1.29 is 28.6 Å². The third kappa shape index (κ3) is 4.85. The fraction of sp³-hybridized carbons (Fsp3) is 0.160. The molecule has 0 radical (unpaired) electrons. The quantitative estimate of drug-likeness (QED) is 0.480. The zero-order valence-corrected chi connectivity index (χ0v) is 17.5. The molecule has 0 unspecified atom stereocenters. The number of amides is 1. The minimum Gasteiger partial charge on any atom is -0.478 e. The molecule has 4 rings (SSSR count). The molecule has 0 spiro atoms. The van der Waals surface area contributed by atoms with Crippen LogP contribution < -0.4 is 10.6 Å². The molecule has 3 aromatic rings. The summed E-state index contributed by atoms with van der Waals surface area (Å²) in [5.74, 6) is -2.71. The van der Waals surface area contributed by atoms with Crippen LogP contribution in [0.2, 0.25) is 0 Å². The second-order valence-corrected chi connectivity index (χ2v) is 7.57. The molecule has 7 nitrogen and oxygen atoms in total. The van der Waals surface area contributed by atoms with Crippen LogP contribution in [-0.2, 0) is 9.53 Å². The van der Waals surface area contributed by atoms with Crippen LogP contribution in [0.25, 0.3) is 11.1 Å². The van der Waals surface area contributed by atoms with Crippen molar-refractivity contribution in [3.05, 3.63) is 89.2 Å². The van der Waals surface area contributed by atoms with Crippen molar-refractivity contribution in [2.24, 2.45) is 0 Å². The number of nitrogens with one attached hydrogen (secondary N) is 2. The summed E-state index contributed by atoms with van der Waals surface area (Å²) >= 11 is 0. The molecule has 0 fully saturated rings. The number of alkyl carbamates (subject to hydrolysis) is 1. The van der Waals surface area contributed by atoms with Crippen LogP contribution in [0.3, 0.4) is 0 Å². The van der Waals surface area contributed by atoms with Gasteiger partial charge < -0.3 is 20.5 Å². The molecule has 0 aliphatic heterocycles. The third-order valence-corrected chi connectivity index (χ3v) is 5.46. The topological polar surface area (TPSA) is 105 Å². The average Bonchev–Trinajstić information content (AvgIpc) is 3.13. The molecule has 1 aliphatic carbocycles. The first kappa shape index (κ1) is 22.0. The fourth-order valence-corrected chi connectivity index (χ4v) is 3.88. The maximum Gasteiger partial charge on any atom is 0.407 e. The van der Waals surface area contributed by atoms with E-state index in [0.29, 0.717) is 0 Å². The molecule has 0 saturated carbocycles. The Kier molecular flexibility index (Phi) is 6.35. The predicted molar refractivity (Wildman–Crippen MR) is 120 cm³/mol. The molecular formula is C25H21FN2O5. The summed E-state index contributed by atoms with van der Waals surface area (Å²) < 4.78 is 19.1. The molecular weight excluding hydrogens is 427 g/mol. The summed E-state index contributed by atoms with van der Waals surface area (Å²) in [7, 11) is 0. The number of carbonyl (C=O) groups is 3. The second kappa shape index (κ2) is 9.52. The van der Waals surface area contributed by atoms with E-state index in [9.17, 15) is 18.8 Å². The monoisotopic (exact) mass is 448 g/mol. The Morgan fingerprint density at radius 1 is 0.909 bits per heavy atom. The molecule has 1 amide bonds. The highest BCUT2D eigenvalue weighted by Gasteiger charge is 2.29. The van der Waals surface area contributed by atoms with Crippen LogP contribution in [-0.4, -0.2) is 42.6 Å². The highest BCUT2D eigenvalue weighted by molar-refractivity contribution is 5.89. The highest BCUT2D eigenvalue weighted by Crippen LogP contribution is 2.44. The van der Waals surface area contributed by atoms with Crippen LogP contribution in [0.15, 0.2) is 66.7 Å². The Labute approximate surface area is 189 Å². The maximum atomic E-state index is 13.7. The van der Waals surface area contributed by atoms with Gasteiger partial charge in [0.2, 0.25) is 0 Å². The number of carboxylic acid groups (broad SMARTS) is 1. The minimum absolute atomic E-state index is 0.0795. The molecule has 8 heteroatoms. The van der Waals surface area contributed by atoms with Crippen molar-refractivity contribution >= 4 is 23.5 Å². The van der Waals surface area contributed by atoms with Gasteiger partial charge in [0.15, 0.2) is 5.78 Å². The molecule has 0 heterocycles. The molecule has 168 valence electrons. The Morgan fingerprint density at radius 3 is 2.15 bits per heavy atom. The van der Waals surface area contributed by atoms with Gasteiger partial charge in [0.25, 0.3) is 0 Å². The Hall–Kier alpha value is -4.20. The zero-order chi connectivity index (χ0) is 23.4. The molecule has 1 aliphatic rings. The van der Waals surface area contributed by atoms with Gasteiger partial charge in [-0.1, -0.05) is 48.5 Å². The lowest BCUT2D eigenvalue weighted by Gasteiger charge is -2.14. The van der Waals surface area contributed by atoms with Gasteiger partial charge in [-0.3, -0.25) is 4.79 Å². The molecule has 0 saturated heterocycles. The van der Waals surface area contributed by atoms with Crippen molar-refractivity contribution in [1.82, 2.24) is 5.32 Å². The Balaban J connectivity index is 1.26. The van der Waals surface area contributed by atoms with E-state index in [-0.39, 0.29) is 37.1 Å². The first-order valence-electron chi connectivity index (χ1n) is 10.3. The van der Waals surface area contributed by atoms with E-state index in [4.69, 9.17) is 9.84 Å². The number of fused-ring (bicyclic) bond motifs is 3. The van der Waals surface area contributed by atoms with E-state index in [0.717, 1.165) is 34.4 Å². The summed E-state index contributed by atoms with van der Waals surface area (Å²) in [4.78, 5) is 35.0. The van der Waals surface area contributed by atoms with Gasteiger partial charge >= 0.3 is 12.1 Å². The molecule has 0 aromatic heterocycles. The summed E-state index contributed by atoms with van der Waals surface area (Å²) in [5, 5.41) is 14.0. The first-order chi connectivity index (χ1) is 15.9. The normalized spacial score (nSPS) is 11.9. The molecule has 0 bridgehead atoms. The van der Waals surface area contributed by atoms with Crippen LogP contribution in [0.5, 0.6) is 0 Å². The van der Waals surface area contributed by atoms with Gasteiger partial charge in [-0.2, -0.15) is 0 Å². The molecule has 33 heavy (non-hydrogen) atoms. The lowest BCUT2D eigenvalue weighted by atomic mass is 9.98. The van der Waals surface area contributed by atoms with E-state index in [2.05, 4.69) is 10.6 Å². The number of carbonyl (C=O) groups excluding carboxylic acids is 2. The molecule has 0 atom stereocenters. The van der Waals surface area contributed by atoms with Gasteiger partial charge in [-0.15, -0.1) is 0 Å². The van der Waals surface area contributed by atoms with Crippen LogP contribution >= 0.6 is 0 Å². The Morgan fingerprint density at radius 2 is 1.55 bits per heavy atom. The number of carboxylic acids is 1. The number of hydrogen-bond acceptors (Lipinski definition) is 5. The van der Waals surface area contributed by atoms with Crippen LogP contribution in [0.1, 0.15) is 27.4 Å². The van der Waals surface area contributed by atoms with E-state index < -0.39 is 23.4 Å². The highest BCUT2D eigenvalue weighted by atomic mass is 19.1. The number of rotatable bonds is 8. The smallest absolute Gasteiger partial charge is 0.407 e. The van der Waals surface area contributed by atoms with Gasteiger partial charge in [0, 0.05) is 11.6 Å². The minimum atomic E-state index is -1.37. The number of halogens is 1. The van der Waals surface area contributed by atoms with Crippen molar-refractivity contribution in [3.8, 4) is 11.1 Å². The van der Waals surface area contributed by atoms with Crippen LogP contribution in [0.4, 0.5) is 14.9 Å². The average molecular weight is 448 g/mol. The largest absolute Gasteiger partial charge is 0.478 e. The third-order valence-electron chi connectivity index (χ3n) is 5.46. The first-order valence-corrected chi connectivity index (χ1v) is 10.3. The number of anilines is 1. The number of ketones is 1. The number of aromatic carboxylic acids is 1. The number of Topliss-reactive ketones (excluding diaryl/α,β-unsaturated/α-hetero) is 1. The Bertz CT molecular complexity index is 1180. The fourth-order valence-electron chi connectivity index (χ4n) is 3.88. The SMILES string of the molecule is O=C(CNC(=O)OCC1c2ccccc2-c2ccccc21)CNc1ccc(C(=O)O)c(F)c1. The van der Waals surface area contributed by atoms with Crippen molar-refractivity contribution in [2.75, 3.05) is 25.0 Å². The van der Waals surface area contributed by atoms with Gasteiger partial charge in [0.1, 0.15) is 12.4 Å². The van der Waals surface area contributed by atoms with E-state index in [1.807, 2.05) is 48.5 Å². The summed E-state index contributed by atoms with van der Waals surface area (Å²) in [6, 6.07) is 19.4. The van der Waals surface area contributed by atoms with Gasteiger partial charge in [0.05, 0.1) is 18.7 Å². The lowest BCUT2D eigenvalue weighted by molar-refractivity contribution is -0.116. The number of hydrogen-bond donors (Lipinski definition) is 3. The lowest BCUT2D eigenvalue weighted by Crippen LogP contribution is -2.33. The zero-order valence-electron chi connectivity index (χ0n) is 17.5. The number of ether oxygens (including phenoxy) is 1. The van der Waals surface area contributed by atoms with Crippen molar-refractivity contribution in [3.63, 3.8) is 0 Å². The van der Waals surface area contributed by atoms with E-state index >= 15 is 0 Å². The number of benzene rings is 3. The predicted octanol–water partition coefficient (Wildman–Crippen LogP) is 4.04. The second-order valence-electron chi connectivity index (χ2n) is 7.57.